The van der Waals surface area contributed by atoms with Gasteiger partial charge < -0.3 is 0 Å². The minimum absolute atomic E-state index is 0.949. The molecule has 0 aliphatic carbocycles. The zero-order valence-electron chi connectivity index (χ0n) is 12.8. The molecule has 0 aromatic carbocycles. The summed E-state index contributed by atoms with van der Waals surface area (Å²) < 4.78 is 0. The van der Waals surface area contributed by atoms with Crippen LogP contribution in [-0.4, -0.2) is 0 Å². The second-order valence-electron chi connectivity index (χ2n) is 4.37. The minimum atomic E-state index is 0.949. The highest BCUT2D eigenvalue weighted by atomic mass is 14.0. The van der Waals surface area contributed by atoms with Gasteiger partial charge in [-0.3, -0.25) is 0 Å². The van der Waals surface area contributed by atoms with Crippen molar-refractivity contribution in [1.82, 2.24) is 0 Å². The van der Waals surface area contributed by atoms with E-state index in [0.29, 0.717) is 0 Å². The standard InChI is InChI=1S/C8H16.C7H16.C2H2/c1-3-5-7-8-6-4-2;1-4-6-7(3)5-2;1-2/h3,5H,4,6-8H2,1-2H3;7H,4-6H2,1-3H3;1-2H/b5-3-;;. The summed E-state index contributed by atoms with van der Waals surface area (Å²) in [4.78, 5) is 0. The second kappa shape index (κ2) is 24.5. The number of hydrogen-bond acceptors (Lipinski definition) is 0. The summed E-state index contributed by atoms with van der Waals surface area (Å²) in [6.45, 7) is 11.1. The van der Waals surface area contributed by atoms with E-state index in [1.165, 1.54) is 44.9 Å². The van der Waals surface area contributed by atoms with Crippen molar-refractivity contribution in [2.24, 2.45) is 5.92 Å². The molecule has 0 bridgehead atoms. The summed E-state index contributed by atoms with van der Waals surface area (Å²) in [7, 11) is 0. The Morgan fingerprint density at radius 3 is 1.88 bits per heavy atom. The lowest BCUT2D eigenvalue weighted by atomic mass is 10.0. The Kier molecular flexibility index (Phi) is 31.1. The molecular weight excluding hydrogens is 204 g/mol. The normalized spacial score (nSPS) is 11.0. The number of rotatable bonds is 7. The monoisotopic (exact) mass is 238 g/mol. The van der Waals surface area contributed by atoms with Crippen LogP contribution in [0, 0.1) is 18.8 Å². The van der Waals surface area contributed by atoms with Gasteiger partial charge >= 0.3 is 0 Å². The topological polar surface area (TPSA) is 0 Å². The molecule has 0 saturated carbocycles. The maximum absolute atomic E-state index is 4.00. The Bertz CT molecular complexity index is 141. The lowest BCUT2D eigenvalue weighted by molar-refractivity contribution is 0.509. The zero-order chi connectivity index (χ0) is 13.9. The first-order valence-electron chi connectivity index (χ1n) is 7.17. The summed E-state index contributed by atoms with van der Waals surface area (Å²) in [5, 5.41) is 0. The molecule has 0 spiro atoms. The van der Waals surface area contributed by atoms with Crippen LogP contribution in [0.4, 0.5) is 0 Å². The van der Waals surface area contributed by atoms with Crippen molar-refractivity contribution < 1.29 is 0 Å². The summed E-state index contributed by atoms with van der Waals surface area (Å²) in [5.41, 5.74) is 0. The van der Waals surface area contributed by atoms with Crippen LogP contribution in [0.25, 0.3) is 0 Å². The van der Waals surface area contributed by atoms with Crippen molar-refractivity contribution in [2.75, 3.05) is 0 Å². The highest BCUT2D eigenvalue weighted by molar-refractivity contribution is 4.75. The van der Waals surface area contributed by atoms with Gasteiger partial charge in [0.25, 0.3) is 0 Å². The fraction of sp³-hybridized carbons (Fsp3) is 0.765. The molecule has 1 atom stereocenters. The fourth-order valence-corrected chi connectivity index (χ4v) is 1.38. The highest BCUT2D eigenvalue weighted by Gasteiger charge is 1.92. The van der Waals surface area contributed by atoms with Crippen LogP contribution in [0.5, 0.6) is 0 Å². The van der Waals surface area contributed by atoms with Crippen molar-refractivity contribution in [3.05, 3.63) is 12.2 Å². The Morgan fingerprint density at radius 1 is 1.00 bits per heavy atom. The first-order valence-corrected chi connectivity index (χ1v) is 7.17. The molecule has 0 N–H and O–H groups in total. The van der Waals surface area contributed by atoms with Crippen molar-refractivity contribution in [3.63, 3.8) is 0 Å². The van der Waals surface area contributed by atoms with Gasteiger partial charge in [0.2, 0.25) is 0 Å². The van der Waals surface area contributed by atoms with Crippen molar-refractivity contribution >= 4 is 0 Å². The van der Waals surface area contributed by atoms with Gasteiger partial charge in [-0.25, -0.2) is 0 Å². The first kappa shape index (κ1) is 21.6. The fourth-order valence-electron chi connectivity index (χ4n) is 1.38. The van der Waals surface area contributed by atoms with Gasteiger partial charge in [0, 0.05) is 0 Å². The van der Waals surface area contributed by atoms with Gasteiger partial charge in [-0.15, -0.1) is 12.8 Å². The molecule has 1 unspecified atom stereocenters. The summed E-state index contributed by atoms with van der Waals surface area (Å²) in [6.07, 6.45) is 21.8. The van der Waals surface area contributed by atoms with Crippen LogP contribution in [0.15, 0.2) is 12.2 Å². The van der Waals surface area contributed by atoms with Gasteiger partial charge in [0.05, 0.1) is 0 Å². The van der Waals surface area contributed by atoms with Gasteiger partial charge in [-0.2, -0.15) is 0 Å². The van der Waals surface area contributed by atoms with Crippen molar-refractivity contribution in [3.8, 4) is 12.8 Å². The average molecular weight is 238 g/mol. The molecule has 102 valence electrons. The Balaban J connectivity index is -0.000000202. The summed E-state index contributed by atoms with van der Waals surface area (Å²) in [6, 6.07) is 0. The van der Waals surface area contributed by atoms with E-state index in [2.05, 4.69) is 59.6 Å². The van der Waals surface area contributed by atoms with Crippen LogP contribution in [-0.2, 0) is 0 Å². The molecule has 0 aromatic heterocycles. The zero-order valence-corrected chi connectivity index (χ0v) is 12.8. The minimum Gasteiger partial charge on any atom is -0.124 e. The maximum atomic E-state index is 4.00. The predicted octanol–water partition coefficient (Wildman–Crippen LogP) is 6.22. The lowest BCUT2D eigenvalue weighted by Crippen LogP contribution is -1.88. The second-order valence-corrected chi connectivity index (χ2v) is 4.37. The third-order valence-electron chi connectivity index (χ3n) is 2.69. The van der Waals surface area contributed by atoms with E-state index in [1.54, 1.807) is 0 Å². The van der Waals surface area contributed by atoms with E-state index >= 15 is 0 Å². The Hall–Kier alpha value is -0.700. The third kappa shape index (κ3) is 31.3. The molecular formula is C17H34. The quantitative estimate of drug-likeness (QED) is 0.280. The molecule has 0 rings (SSSR count). The van der Waals surface area contributed by atoms with Crippen LogP contribution >= 0.6 is 0 Å². The highest BCUT2D eigenvalue weighted by Crippen LogP contribution is 2.07. The first-order chi connectivity index (χ1) is 8.22. The van der Waals surface area contributed by atoms with Gasteiger partial charge in [0.15, 0.2) is 0 Å². The molecule has 0 fully saturated rings. The van der Waals surface area contributed by atoms with Gasteiger partial charge in [-0.1, -0.05) is 72.0 Å². The van der Waals surface area contributed by atoms with Crippen molar-refractivity contribution in [2.45, 2.75) is 79.6 Å². The molecule has 0 aliphatic rings. The van der Waals surface area contributed by atoms with Crippen LogP contribution in [0.1, 0.15) is 79.6 Å². The molecule has 0 saturated heterocycles. The van der Waals surface area contributed by atoms with Gasteiger partial charge in [0.1, 0.15) is 0 Å². The molecule has 0 heteroatoms. The Morgan fingerprint density at radius 2 is 1.59 bits per heavy atom. The molecule has 0 nitrogen and oxygen atoms in total. The van der Waals surface area contributed by atoms with Crippen LogP contribution < -0.4 is 0 Å². The van der Waals surface area contributed by atoms with E-state index in [-0.39, 0.29) is 0 Å². The van der Waals surface area contributed by atoms with Crippen LogP contribution in [0.2, 0.25) is 0 Å². The van der Waals surface area contributed by atoms with E-state index in [1.807, 2.05) is 0 Å². The Labute approximate surface area is 111 Å². The smallest absolute Gasteiger partial charge is 0.0351 e. The SMILES string of the molecule is C#C.C/C=C\CCCCC.CCCC(C)CC. The molecule has 0 aromatic rings. The summed E-state index contributed by atoms with van der Waals surface area (Å²) in [5.74, 6) is 0.949. The number of allylic oxidation sites excluding steroid dienone is 2. The molecule has 0 amide bonds. The van der Waals surface area contributed by atoms with E-state index in [9.17, 15) is 0 Å². The number of terminal acetylenes is 1. The average Bonchev–Trinajstić information content (AvgIpc) is 2.38. The largest absolute Gasteiger partial charge is 0.124 e. The van der Waals surface area contributed by atoms with Gasteiger partial charge in [-0.05, 0) is 25.7 Å². The molecule has 17 heavy (non-hydrogen) atoms. The van der Waals surface area contributed by atoms with Crippen molar-refractivity contribution in [1.29, 1.82) is 0 Å². The number of unbranched alkanes of at least 4 members (excludes halogenated alkanes) is 3. The molecule has 0 heterocycles. The number of hydrogen-bond donors (Lipinski definition) is 0. The van der Waals surface area contributed by atoms with E-state index < -0.39 is 0 Å². The third-order valence-corrected chi connectivity index (χ3v) is 2.69. The molecule has 0 radical (unpaired) electrons. The van der Waals surface area contributed by atoms with E-state index in [4.69, 9.17) is 0 Å². The van der Waals surface area contributed by atoms with Crippen LogP contribution in [0.3, 0.4) is 0 Å². The van der Waals surface area contributed by atoms with E-state index in [0.717, 1.165) is 5.92 Å². The summed E-state index contributed by atoms with van der Waals surface area (Å²) >= 11 is 0. The molecule has 0 aliphatic heterocycles. The lowest BCUT2D eigenvalue weighted by Gasteiger charge is -2.02. The maximum Gasteiger partial charge on any atom is -0.0351 e. The predicted molar refractivity (Wildman–Crippen MR) is 83.2 cm³/mol.